The zero-order valence-electron chi connectivity index (χ0n) is 5.63. The molecule has 0 saturated heterocycles. The number of hydrogen-bond donors (Lipinski definition) is 2. The van der Waals surface area contributed by atoms with Gasteiger partial charge in [0, 0.05) is 12.1 Å². The molecule has 3 N–H and O–H groups in total. The first-order valence-corrected chi connectivity index (χ1v) is 3.13. The summed E-state index contributed by atoms with van der Waals surface area (Å²) in [5.41, 5.74) is 6.84. The van der Waals surface area contributed by atoms with E-state index >= 15 is 0 Å². The number of rotatable bonds is 1. The van der Waals surface area contributed by atoms with Crippen molar-refractivity contribution in [3.05, 3.63) is 24.1 Å². The van der Waals surface area contributed by atoms with E-state index in [4.69, 9.17) is 10.2 Å². The summed E-state index contributed by atoms with van der Waals surface area (Å²) >= 11 is 0. The second-order valence-corrected chi connectivity index (χ2v) is 2.25. The van der Waals surface area contributed by atoms with Crippen molar-refractivity contribution < 1.29 is 9.21 Å². The monoisotopic (exact) mass is 150 g/mol. The van der Waals surface area contributed by atoms with E-state index in [1.165, 1.54) is 0 Å². The first kappa shape index (κ1) is 6.03. The van der Waals surface area contributed by atoms with Gasteiger partial charge < -0.3 is 15.1 Å². The molecule has 0 spiro atoms. The summed E-state index contributed by atoms with van der Waals surface area (Å²) in [4.78, 5) is 13.4. The van der Waals surface area contributed by atoms with Gasteiger partial charge in [-0.1, -0.05) is 0 Å². The number of nitrogens with one attached hydrogen (secondary N) is 1. The molecule has 56 valence electrons. The third-order valence-corrected chi connectivity index (χ3v) is 1.51. The van der Waals surface area contributed by atoms with E-state index in [0.29, 0.717) is 11.3 Å². The van der Waals surface area contributed by atoms with E-state index in [9.17, 15) is 4.79 Å². The minimum absolute atomic E-state index is 0.374. The first-order valence-electron chi connectivity index (χ1n) is 3.13. The standard InChI is InChI=1S/C7H6N2O2/c8-7(10)5-3-6-4(9-5)1-2-11-6/h1-3,9H,(H2,8,10). The molecule has 0 aromatic carbocycles. The molecule has 2 aromatic rings. The van der Waals surface area contributed by atoms with Crippen LogP contribution in [0.15, 0.2) is 22.8 Å². The maximum absolute atomic E-state index is 10.6. The molecular formula is C7H6N2O2. The highest BCUT2D eigenvalue weighted by molar-refractivity contribution is 5.95. The Balaban J connectivity index is 2.67. The van der Waals surface area contributed by atoms with Crippen molar-refractivity contribution in [2.24, 2.45) is 5.73 Å². The molecule has 0 fully saturated rings. The number of nitrogens with two attached hydrogens (primary N) is 1. The lowest BCUT2D eigenvalue weighted by atomic mass is 10.4. The van der Waals surface area contributed by atoms with Gasteiger partial charge >= 0.3 is 0 Å². The molecule has 4 nitrogen and oxygen atoms in total. The van der Waals surface area contributed by atoms with Gasteiger partial charge in [-0.05, 0) is 0 Å². The molecular weight excluding hydrogens is 144 g/mol. The fourth-order valence-electron chi connectivity index (χ4n) is 0.981. The fraction of sp³-hybridized carbons (Fsp3) is 0. The van der Waals surface area contributed by atoms with E-state index < -0.39 is 5.91 Å². The number of amides is 1. The Morgan fingerprint density at radius 2 is 2.45 bits per heavy atom. The van der Waals surface area contributed by atoms with Crippen LogP contribution in [-0.4, -0.2) is 10.9 Å². The topological polar surface area (TPSA) is 72.0 Å². The van der Waals surface area contributed by atoms with Crippen LogP contribution in [-0.2, 0) is 0 Å². The predicted octanol–water partition coefficient (Wildman–Crippen LogP) is 0.860. The van der Waals surface area contributed by atoms with Gasteiger partial charge in [-0.25, -0.2) is 0 Å². The van der Waals surface area contributed by atoms with Crippen molar-refractivity contribution in [2.75, 3.05) is 0 Å². The Morgan fingerprint density at radius 3 is 3.09 bits per heavy atom. The van der Waals surface area contributed by atoms with Crippen LogP contribution in [0.4, 0.5) is 0 Å². The van der Waals surface area contributed by atoms with E-state index in [-0.39, 0.29) is 0 Å². The van der Waals surface area contributed by atoms with Gasteiger partial charge in [-0.15, -0.1) is 0 Å². The summed E-state index contributed by atoms with van der Waals surface area (Å²) in [6.45, 7) is 0. The highest BCUT2D eigenvalue weighted by atomic mass is 16.3. The number of aromatic nitrogens is 1. The number of carbonyl (C=O) groups is 1. The number of aromatic amines is 1. The molecule has 0 bridgehead atoms. The molecule has 2 rings (SSSR count). The lowest BCUT2D eigenvalue weighted by Crippen LogP contribution is -2.10. The largest absolute Gasteiger partial charge is 0.463 e. The van der Waals surface area contributed by atoms with Crippen LogP contribution in [0.2, 0.25) is 0 Å². The fourth-order valence-corrected chi connectivity index (χ4v) is 0.981. The number of fused-ring (bicyclic) bond motifs is 1. The quantitative estimate of drug-likeness (QED) is 0.632. The van der Waals surface area contributed by atoms with Crippen LogP contribution in [0.3, 0.4) is 0 Å². The minimum atomic E-state index is -0.476. The van der Waals surface area contributed by atoms with Gasteiger partial charge in [-0.2, -0.15) is 0 Å². The van der Waals surface area contributed by atoms with Crippen LogP contribution in [0, 0.1) is 0 Å². The summed E-state index contributed by atoms with van der Waals surface area (Å²) in [7, 11) is 0. The Bertz CT molecular complexity index is 371. The van der Waals surface area contributed by atoms with Gasteiger partial charge in [0.05, 0.1) is 11.8 Å². The summed E-state index contributed by atoms with van der Waals surface area (Å²) in [5, 5.41) is 0. The number of furan rings is 1. The Kier molecular flexibility index (Phi) is 1.03. The van der Waals surface area contributed by atoms with E-state index in [2.05, 4.69) is 4.98 Å². The highest BCUT2D eigenvalue weighted by Gasteiger charge is 2.06. The molecule has 1 amide bonds. The van der Waals surface area contributed by atoms with Gasteiger partial charge in [0.25, 0.3) is 5.91 Å². The van der Waals surface area contributed by atoms with Crippen LogP contribution >= 0.6 is 0 Å². The van der Waals surface area contributed by atoms with Crippen LogP contribution in [0.1, 0.15) is 10.5 Å². The Morgan fingerprint density at radius 1 is 1.64 bits per heavy atom. The van der Waals surface area contributed by atoms with Crippen molar-refractivity contribution in [1.29, 1.82) is 0 Å². The smallest absolute Gasteiger partial charge is 0.265 e. The Labute approximate surface area is 62.0 Å². The second-order valence-electron chi connectivity index (χ2n) is 2.25. The number of carbonyl (C=O) groups excluding carboxylic acids is 1. The third-order valence-electron chi connectivity index (χ3n) is 1.51. The van der Waals surface area contributed by atoms with Gasteiger partial charge in [-0.3, -0.25) is 4.79 Å². The molecule has 2 heterocycles. The summed E-state index contributed by atoms with van der Waals surface area (Å²) in [5.74, 6) is -0.476. The number of primary amides is 1. The average Bonchev–Trinajstić information content (AvgIpc) is 2.40. The molecule has 0 aliphatic heterocycles. The van der Waals surface area contributed by atoms with Crippen molar-refractivity contribution >= 4 is 17.0 Å². The minimum Gasteiger partial charge on any atom is -0.463 e. The highest BCUT2D eigenvalue weighted by Crippen LogP contribution is 2.15. The molecule has 0 saturated carbocycles. The van der Waals surface area contributed by atoms with Gasteiger partial charge in [0.15, 0.2) is 5.58 Å². The molecule has 0 atom stereocenters. The van der Waals surface area contributed by atoms with Crippen molar-refractivity contribution in [3.63, 3.8) is 0 Å². The van der Waals surface area contributed by atoms with Gasteiger partial charge in [0.2, 0.25) is 0 Å². The van der Waals surface area contributed by atoms with Crippen molar-refractivity contribution in [2.45, 2.75) is 0 Å². The molecule has 2 aromatic heterocycles. The van der Waals surface area contributed by atoms with Crippen LogP contribution in [0.25, 0.3) is 11.1 Å². The maximum Gasteiger partial charge on any atom is 0.265 e. The average molecular weight is 150 g/mol. The van der Waals surface area contributed by atoms with E-state index in [0.717, 1.165) is 5.52 Å². The summed E-state index contributed by atoms with van der Waals surface area (Å²) in [6.07, 6.45) is 1.55. The number of H-pyrrole nitrogens is 1. The first-order chi connectivity index (χ1) is 5.27. The second kappa shape index (κ2) is 1.88. The lowest BCUT2D eigenvalue weighted by Gasteiger charge is -1.83. The summed E-state index contributed by atoms with van der Waals surface area (Å²) < 4.78 is 5.01. The van der Waals surface area contributed by atoms with Crippen LogP contribution in [0.5, 0.6) is 0 Å². The molecule has 0 aliphatic carbocycles. The Hall–Kier alpha value is -1.71. The normalized spacial score (nSPS) is 10.5. The summed E-state index contributed by atoms with van der Waals surface area (Å²) in [6, 6.07) is 3.32. The predicted molar refractivity (Wildman–Crippen MR) is 39.1 cm³/mol. The SMILES string of the molecule is NC(=O)c1cc2occc2[nH]1. The van der Waals surface area contributed by atoms with E-state index in [1.54, 1.807) is 18.4 Å². The molecule has 0 radical (unpaired) electrons. The molecule has 4 heteroatoms. The third kappa shape index (κ3) is 0.797. The van der Waals surface area contributed by atoms with E-state index in [1.807, 2.05) is 0 Å². The maximum atomic E-state index is 10.6. The van der Waals surface area contributed by atoms with Crippen LogP contribution < -0.4 is 5.73 Å². The zero-order valence-corrected chi connectivity index (χ0v) is 5.63. The number of hydrogen-bond acceptors (Lipinski definition) is 2. The lowest BCUT2D eigenvalue weighted by molar-refractivity contribution is 0.0996. The van der Waals surface area contributed by atoms with Gasteiger partial charge in [0.1, 0.15) is 5.69 Å². The van der Waals surface area contributed by atoms with Crippen molar-refractivity contribution in [1.82, 2.24) is 4.98 Å². The molecule has 0 unspecified atom stereocenters. The molecule has 0 aliphatic rings. The molecule has 11 heavy (non-hydrogen) atoms. The zero-order chi connectivity index (χ0) is 7.84. The van der Waals surface area contributed by atoms with Crippen molar-refractivity contribution in [3.8, 4) is 0 Å².